The molecule has 2 heterocycles. The zero-order valence-electron chi connectivity index (χ0n) is 15.1. The van der Waals surface area contributed by atoms with Crippen molar-refractivity contribution in [1.29, 1.82) is 0 Å². The van der Waals surface area contributed by atoms with Gasteiger partial charge in [-0.15, -0.1) is 0 Å². The highest BCUT2D eigenvalue weighted by Gasteiger charge is 2.19. The molecule has 1 aromatic heterocycles. The molecule has 26 heavy (non-hydrogen) atoms. The molecule has 4 nitrogen and oxygen atoms in total. The van der Waals surface area contributed by atoms with Crippen LogP contribution in [0.2, 0.25) is 0 Å². The summed E-state index contributed by atoms with van der Waals surface area (Å²) in [5.41, 5.74) is 3.33. The number of aryl methyl sites for hydroxylation is 2. The molecule has 0 N–H and O–H groups in total. The lowest BCUT2D eigenvalue weighted by Crippen LogP contribution is -2.38. The molecule has 0 aliphatic carbocycles. The van der Waals surface area contributed by atoms with Crippen LogP contribution in [0.4, 0.5) is 0 Å². The van der Waals surface area contributed by atoms with Gasteiger partial charge in [-0.1, -0.05) is 42.5 Å². The fourth-order valence-corrected chi connectivity index (χ4v) is 3.77. The minimum atomic E-state index is 0.216. The van der Waals surface area contributed by atoms with E-state index in [-0.39, 0.29) is 5.91 Å². The molecule has 2 aromatic carbocycles. The molecule has 0 unspecified atom stereocenters. The summed E-state index contributed by atoms with van der Waals surface area (Å²) < 4.78 is 2.12. The molecule has 134 valence electrons. The summed E-state index contributed by atoms with van der Waals surface area (Å²) in [5, 5.41) is 0. The quantitative estimate of drug-likeness (QED) is 0.703. The number of carbonyl (C=O) groups is 1. The predicted molar refractivity (Wildman–Crippen MR) is 104 cm³/mol. The SMILES string of the molecule is O=C(Cn1c(CCc2ccccc2)nc2ccccc21)N1CCCCC1. The Morgan fingerprint density at radius 1 is 0.885 bits per heavy atom. The van der Waals surface area contributed by atoms with Crippen LogP contribution >= 0.6 is 0 Å². The Labute approximate surface area is 154 Å². The summed E-state index contributed by atoms with van der Waals surface area (Å²) in [5.74, 6) is 1.22. The third kappa shape index (κ3) is 3.64. The summed E-state index contributed by atoms with van der Waals surface area (Å²) in [4.78, 5) is 19.6. The second kappa shape index (κ2) is 7.73. The van der Waals surface area contributed by atoms with E-state index < -0.39 is 0 Å². The van der Waals surface area contributed by atoms with E-state index in [0.717, 1.165) is 55.6 Å². The van der Waals surface area contributed by atoms with Crippen LogP contribution in [0, 0.1) is 0 Å². The van der Waals surface area contributed by atoms with Crippen molar-refractivity contribution >= 4 is 16.9 Å². The van der Waals surface area contributed by atoms with Crippen molar-refractivity contribution in [3.05, 3.63) is 66.0 Å². The second-order valence-corrected chi connectivity index (χ2v) is 7.03. The molecule has 0 bridgehead atoms. The number of imidazole rings is 1. The van der Waals surface area contributed by atoms with Crippen LogP contribution in [-0.2, 0) is 24.2 Å². The van der Waals surface area contributed by atoms with Gasteiger partial charge in [-0.2, -0.15) is 0 Å². The van der Waals surface area contributed by atoms with Crippen LogP contribution in [0.5, 0.6) is 0 Å². The van der Waals surface area contributed by atoms with Crippen molar-refractivity contribution in [2.45, 2.75) is 38.6 Å². The fraction of sp³-hybridized carbons (Fsp3) is 0.364. The van der Waals surface area contributed by atoms with Crippen LogP contribution < -0.4 is 0 Å². The standard InChI is InChI=1S/C22H25N3O/c26-22(24-15-7-2-8-16-24)17-25-20-12-6-5-11-19(20)23-21(25)14-13-18-9-3-1-4-10-18/h1,3-6,9-12H,2,7-8,13-17H2. The molecule has 0 radical (unpaired) electrons. The van der Waals surface area contributed by atoms with Gasteiger partial charge in [0.25, 0.3) is 0 Å². The minimum absolute atomic E-state index is 0.216. The van der Waals surface area contributed by atoms with E-state index in [2.05, 4.69) is 34.9 Å². The number of hydrogen-bond donors (Lipinski definition) is 0. The highest BCUT2D eigenvalue weighted by Crippen LogP contribution is 2.19. The van der Waals surface area contributed by atoms with E-state index in [1.165, 1.54) is 12.0 Å². The molecule has 0 spiro atoms. The number of piperidine rings is 1. The molecule has 1 saturated heterocycles. The first-order valence-corrected chi connectivity index (χ1v) is 9.57. The summed E-state index contributed by atoms with van der Waals surface area (Å²) >= 11 is 0. The van der Waals surface area contributed by atoms with Gasteiger partial charge in [0, 0.05) is 19.5 Å². The smallest absolute Gasteiger partial charge is 0.242 e. The average molecular weight is 347 g/mol. The highest BCUT2D eigenvalue weighted by atomic mass is 16.2. The summed E-state index contributed by atoms with van der Waals surface area (Å²) in [6, 6.07) is 18.6. The number of para-hydroxylation sites is 2. The van der Waals surface area contributed by atoms with Crippen molar-refractivity contribution in [1.82, 2.24) is 14.5 Å². The van der Waals surface area contributed by atoms with Crippen molar-refractivity contribution in [2.24, 2.45) is 0 Å². The van der Waals surface area contributed by atoms with Gasteiger partial charge in [0.05, 0.1) is 11.0 Å². The summed E-state index contributed by atoms with van der Waals surface area (Å²) in [6.07, 6.45) is 5.25. The maximum absolute atomic E-state index is 12.8. The molecular formula is C22H25N3O. The molecule has 0 atom stereocenters. The lowest BCUT2D eigenvalue weighted by molar-refractivity contribution is -0.132. The van der Waals surface area contributed by atoms with Gasteiger partial charge >= 0.3 is 0 Å². The maximum Gasteiger partial charge on any atom is 0.242 e. The number of amides is 1. The Kier molecular flexibility index (Phi) is 5.00. The lowest BCUT2D eigenvalue weighted by atomic mass is 10.1. The number of aromatic nitrogens is 2. The lowest BCUT2D eigenvalue weighted by Gasteiger charge is -2.27. The molecule has 3 aromatic rings. The third-order valence-electron chi connectivity index (χ3n) is 5.22. The molecule has 4 heteroatoms. The fourth-order valence-electron chi connectivity index (χ4n) is 3.77. The van der Waals surface area contributed by atoms with Gasteiger partial charge in [0.1, 0.15) is 12.4 Å². The first kappa shape index (κ1) is 16.8. The Morgan fingerprint density at radius 2 is 1.62 bits per heavy atom. The van der Waals surface area contributed by atoms with Crippen LogP contribution in [-0.4, -0.2) is 33.4 Å². The highest BCUT2D eigenvalue weighted by molar-refractivity contribution is 5.81. The number of carbonyl (C=O) groups excluding carboxylic acids is 1. The first-order valence-electron chi connectivity index (χ1n) is 9.57. The minimum Gasteiger partial charge on any atom is -0.341 e. The molecule has 0 saturated carbocycles. The van der Waals surface area contributed by atoms with Crippen molar-refractivity contribution in [2.75, 3.05) is 13.1 Å². The van der Waals surface area contributed by atoms with Gasteiger partial charge in [-0.25, -0.2) is 4.98 Å². The van der Waals surface area contributed by atoms with Crippen LogP contribution in [0.15, 0.2) is 54.6 Å². The second-order valence-electron chi connectivity index (χ2n) is 7.03. The molecule has 1 fully saturated rings. The Hall–Kier alpha value is -2.62. The largest absolute Gasteiger partial charge is 0.341 e. The number of likely N-dealkylation sites (tertiary alicyclic amines) is 1. The Balaban J connectivity index is 1.58. The van der Waals surface area contributed by atoms with Crippen LogP contribution in [0.1, 0.15) is 30.7 Å². The number of nitrogens with zero attached hydrogens (tertiary/aromatic N) is 3. The van der Waals surface area contributed by atoms with Crippen molar-refractivity contribution < 1.29 is 4.79 Å². The van der Waals surface area contributed by atoms with Crippen LogP contribution in [0.25, 0.3) is 11.0 Å². The predicted octanol–water partition coefficient (Wildman–Crippen LogP) is 3.83. The first-order chi connectivity index (χ1) is 12.8. The van der Waals surface area contributed by atoms with Crippen molar-refractivity contribution in [3.63, 3.8) is 0 Å². The van der Waals surface area contributed by atoms with Gasteiger partial charge < -0.3 is 9.47 Å². The zero-order valence-corrected chi connectivity index (χ0v) is 15.1. The summed E-state index contributed by atoms with van der Waals surface area (Å²) in [6.45, 7) is 2.18. The monoisotopic (exact) mass is 347 g/mol. The summed E-state index contributed by atoms with van der Waals surface area (Å²) in [7, 11) is 0. The average Bonchev–Trinajstić information content (AvgIpc) is 3.05. The van der Waals surface area contributed by atoms with E-state index in [1.807, 2.05) is 29.2 Å². The molecule has 1 amide bonds. The van der Waals surface area contributed by atoms with E-state index in [0.29, 0.717) is 6.54 Å². The number of rotatable bonds is 5. The topological polar surface area (TPSA) is 38.1 Å². The number of fused-ring (bicyclic) bond motifs is 1. The van der Waals surface area contributed by atoms with Gasteiger partial charge in [-0.05, 0) is 43.4 Å². The number of hydrogen-bond acceptors (Lipinski definition) is 2. The van der Waals surface area contributed by atoms with E-state index in [4.69, 9.17) is 4.98 Å². The normalized spacial score (nSPS) is 14.7. The van der Waals surface area contributed by atoms with E-state index in [9.17, 15) is 4.79 Å². The van der Waals surface area contributed by atoms with Gasteiger partial charge in [-0.3, -0.25) is 4.79 Å². The van der Waals surface area contributed by atoms with Gasteiger partial charge in [0.15, 0.2) is 0 Å². The Morgan fingerprint density at radius 3 is 2.42 bits per heavy atom. The third-order valence-corrected chi connectivity index (χ3v) is 5.22. The zero-order chi connectivity index (χ0) is 17.8. The Bertz CT molecular complexity index is 879. The van der Waals surface area contributed by atoms with E-state index >= 15 is 0 Å². The van der Waals surface area contributed by atoms with Crippen LogP contribution in [0.3, 0.4) is 0 Å². The molecule has 1 aliphatic rings. The molecule has 1 aliphatic heterocycles. The molecular weight excluding hydrogens is 322 g/mol. The van der Waals surface area contributed by atoms with Crippen molar-refractivity contribution in [3.8, 4) is 0 Å². The van der Waals surface area contributed by atoms with Gasteiger partial charge in [0.2, 0.25) is 5.91 Å². The number of benzene rings is 2. The maximum atomic E-state index is 12.8. The van der Waals surface area contributed by atoms with E-state index in [1.54, 1.807) is 0 Å². The molecule has 4 rings (SSSR count).